The van der Waals surface area contributed by atoms with Crippen LogP contribution in [0, 0.1) is 0 Å². The third-order valence-electron chi connectivity index (χ3n) is 3.37. The summed E-state index contributed by atoms with van der Waals surface area (Å²) in [7, 11) is 1.40. The van der Waals surface area contributed by atoms with E-state index in [1.165, 1.54) is 7.11 Å². The molecule has 2 rings (SSSR count). The predicted molar refractivity (Wildman–Crippen MR) is 80.0 cm³/mol. The first kappa shape index (κ1) is 15.9. The van der Waals surface area contributed by atoms with Crippen molar-refractivity contribution in [1.29, 1.82) is 0 Å². The van der Waals surface area contributed by atoms with Gasteiger partial charge in [0.2, 0.25) is 0 Å². The molecule has 0 unspecified atom stereocenters. The van der Waals surface area contributed by atoms with Crippen LogP contribution in [0.5, 0.6) is 11.5 Å². The molecule has 0 atom stereocenters. The van der Waals surface area contributed by atoms with Crippen LogP contribution < -0.4 is 9.47 Å². The molecule has 0 aliphatic carbocycles. The summed E-state index contributed by atoms with van der Waals surface area (Å²) in [5, 5.41) is 0.561. The number of methoxy groups -OCH3 is 1. The van der Waals surface area contributed by atoms with E-state index in [4.69, 9.17) is 21.1 Å². The summed E-state index contributed by atoms with van der Waals surface area (Å²) in [6.45, 7) is 5.29. The van der Waals surface area contributed by atoms with Crippen LogP contribution in [0.25, 0.3) is 0 Å². The van der Waals surface area contributed by atoms with Crippen molar-refractivity contribution < 1.29 is 19.0 Å². The van der Waals surface area contributed by atoms with E-state index >= 15 is 0 Å². The second kappa shape index (κ2) is 7.52. The zero-order valence-corrected chi connectivity index (χ0v) is 13.1. The highest BCUT2D eigenvalue weighted by atomic mass is 35.5. The Kier molecular flexibility index (Phi) is 5.70. The lowest BCUT2D eigenvalue weighted by Gasteiger charge is -2.23. The highest BCUT2D eigenvalue weighted by Crippen LogP contribution is 2.38. The molecule has 21 heavy (non-hydrogen) atoms. The number of fused-ring (bicyclic) bond motifs is 1. The standard InChI is InChI=1S/C15H20ClNO4/c1-3-17(5-4-14(18)19-2)10-11-8-12(16)15-13(9-11)20-6-7-21-15/h8-9H,3-7,10H2,1-2H3. The van der Waals surface area contributed by atoms with Gasteiger partial charge in [0.25, 0.3) is 0 Å². The number of halogens is 1. The Labute approximate surface area is 129 Å². The summed E-state index contributed by atoms with van der Waals surface area (Å²) in [5.74, 6) is 1.10. The van der Waals surface area contributed by atoms with Crippen molar-refractivity contribution in [3.63, 3.8) is 0 Å². The minimum atomic E-state index is -0.200. The fourth-order valence-corrected chi connectivity index (χ4v) is 2.50. The molecule has 1 aliphatic heterocycles. The summed E-state index contributed by atoms with van der Waals surface area (Å²) in [5.41, 5.74) is 1.04. The predicted octanol–water partition coefficient (Wildman–Crippen LogP) is 2.50. The molecule has 0 saturated carbocycles. The lowest BCUT2D eigenvalue weighted by Crippen LogP contribution is -2.26. The number of rotatable bonds is 6. The van der Waals surface area contributed by atoms with Crippen LogP contribution in [0.4, 0.5) is 0 Å². The van der Waals surface area contributed by atoms with E-state index in [2.05, 4.69) is 16.6 Å². The fraction of sp³-hybridized carbons (Fsp3) is 0.533. The van der Waals surface area contributed by atoms with E-state index in [0.29, 0.717) is 49.2 Å². The van der Waals surface area contributed by atoms with Gasteiger partial charge in [-0.3, -0.25) is 9.69 Å². The zero-order valence-electron chi connectivity index (χ0n) is 12.4. The number of hydrogen-bond donors (Lipinski definition) is 0. The van der Waals surface area contributed by atoms with Gasteiger partial charge < -0.3 is 14.2 Å². The molecule has 0 N–H and O–H groups in total. The maximum atomic E-state index is 11.2. The Hall–Kier alpha value is -1.46. The van der Waals surface area contributed by atoms with Crippen molar-refractivity contribution in [2.45, 2.75) is 19.9 Å². The lowest BCUT2D eigenvalue weighted by molar-refractivity contribution is -0.141. The molecular weight excluding hydrogens is 294 g/mol. The minimum Gasteiger partial charge on any atom is -0.486 e. The van der Waals surface area contributed by atoms with Gasteiger partial charge in [0.1, 0.15) is 13.2 Å². The first-order valence-electron chi connectivity index (χ1n) is 7.01. The number of ether oxygens (including phenoxy) is 3. The van der Waals surface area contributed by atoms with Gasteiger partial charge in [0.15, 0.2) is 11.5 Å². The molecular formula is C15H20ClNO4. The van der Waals surface area contributed by atoms with Crippen LogP contribution >= 0.6 is 11.6 Å². The molecule has 6 heteroatoms. The molecule has 0 amide bonds. The fourth-order valence-electron chi connectivity index (χ4n) is 2.21. The van der Waals surface area contributed by atoms with Crippen molar-refractivity contribution in [2.75, 3.05) is 33.4 Å². The van der Waals surface area contributed by atoms with Crippen molar-refractivity contribution in [3.8, 4) is 11.5 Å². The number of hydrogen-bond acceptors (Lipinski definition) is 5. The van der Waals surface area contributed by atoms with E-state index in [0.717, 1.165) is 12.1 Å². The van der Waals surface area contributed by atoms with E-state index in [-0.39, 0.29) is 5.97 Å². The zero-order chi connectivity index (χ0) is 15.2. The summed E-state index contributed by atoms with van der Waals surface area (Å²) >= 11 is 6.23. The SMILES string of the molecule is CCN(CCC(=O)OC)Cc1cc(Cl)c2c(c1)OCCO2. The van der Waals surface area contributed by atoms with E-state index < -0.39 is 0 Å². The Morgan fingerprint density at radius 2 is 2.14 bits per heavy atom. The summed E-state index contributed by atoms with van der Waals surface area (Å²) < 4.78 is 15.7. The van der Waals surface area contributed by atoms with Gasteiger partial charge in [-0.05, 0) is 24.2 Å². The number of carbonyl (C=O) groups is 1. The van der Waals surface area contributed by atoms with Crippen LogP contribution in [0.15, 0.2) is 12.1 Å². The molecule has 0 radical (unpaired) electrons. The molecule has 0 fully saturated rings. The van der Waals surface area contributed by atoms with E-state index in [9.17, 15) is 4.79 Å². The third-order valence-corrected chi connectivity index (χ3v) is 3.65. The second-order valence-corrected chi connectivity index (χ2v) is 5.20. The molecule has 1 aliphatic rings. The number of esters is 1. The Morgan fingerprint density at radius 3 is 2.86 bits per heavy atom. The monoisotopic (exact) mass is 313 g/mol. The molecule has 0 bridgehead atoms. The molecule has 5 nitrogen and oxygen atoms in total. The van der Waals surface area contributed by atoms with Gasteiger partial charge >= 0.3 is 5.97 Å². The van der Waals surface area contributed by atoms with Crippen LogP contribution in [0.2, 0.25) is 5.02 Å². The van der Waals surface area contributed by atoms with Gasteiger partial charge in [-0.15, -0.1) is 0 Å². The highest BCUT2D eigenvalue weighted by Gasteiger charge is 2.17. The first-order chi connectivity index (χ1) is 10.1. The first-order valence-corrected chi connectivity index (χ1v) is 7.39. The maximum Gasteiger partial charge on any atom is 0.306 e. The maximum absolute atomic E-state index is 11.2. The van der Waals surface area contributed by atoms with Crippen molar-refractivity contribution in [1.82, 2.24) is 4.90 Å². The molecule has 1 aromatic carbocycles. The quantitative estimate of drug-likeness (QED) is 0.755. The van der Waals surface area contributed by atoms with Crippen molar-refractivity contribution in [3.05, 3.63) is 22.7 Å². The summed E-state index contributed by atoms with van der Waals surface area (Å²) in [6, 6.07) is 3.83. The van der Waals surface area contributed by atoms with Crippen LogP contribution in [-0.2, 0) is 16.1 Å². The summed E-state index contributed by atoms with van der Waals surface area (Å²) in [6.07, 6.45) is 0.378. The number of nitrogens with zero attached hydrogens (tertiary/aromatic N) is 1. The molecule has 1 heterocycles. The van der Waals surface area contributed by atoms with Crippen LogP contribution in [0.3, 0.4) is 0 Å². The van der Waals surface area contributed by atoms with Crippen LogP contribution in [0.1, 0.15) is 18.9 Å². The van der Waals surface area contributed by atoms with Crippen molar-refractivity contribution in [2.24, 2.45) is 0 Å². The topological polar surface area (TPSA) is 48.0 Å². The Balaban J connectivity index is 2.03. The molecule has 1 aromatic rings. The van der Waals surface area contributed by atoms with Gasteiger partial charge in [0, 0.05) is 13.1 Å². The highest BCUT2D eigenvalue weighted by molar-refractivity contribution is 6.32. The Bertz CT molecular complexity index is 507. The van der Waals surface area contributed by atoms with Gasteiger partial charge in [-0.25, -0.2) is 0 Å². The van der Waals surface area contributed by atoms with Crippen LogP contribution in [-0.4, -0.2) is 44.3 Å². The Morgan fingerprint density at radius 1 is 1.38 bits per heavy atom. The van der Waals surface area contributed by atoms with Gasteiger partial charge in [-0.2, -0.15) is 0 Å². The van der Waals surface area contributed by atoms with Crippen molar-refractivity contribution >= 4 is 17.6 Å². The second-order valence-electron chi connectivity index (χ2n) is 4.80. The number of benzene rings is 1. The summed E-state index contributed by atoms with van der Waals surface area (Å²) in [4.78, 5) is 13.4. The van der Waals surface area contributed by atoms with E-state index in [1.807, 2.05) is 12.1 Å². The number of carbonyl (C=O) groups excluding carboxylic acids is 1. The average Bonchev–Trinajstić information content (AvgIpc) is 2.51. The molecule has 116 valence electrons. The van der Waals surface area contributed by atoms with E-state index in [1.54, 1.807) is 0 Å². The molecule has 0 spiro atoms. The molecule has 0 saturated heterocycles. The van der Waals surface area contributed by atoms with Gasteiger partial charge in [-0.1, -0.05) is 18.5 Å². The average molecular weight is 314 g/mol. The minimum absolute atomic E-state index is 0.200. The normalized spacial score (nSPS) is 13.3. The lowest BCUT2D eigenvalue weighted by atomic mass is 10.1. The third kappa shape index (κ3) is 4.25. The van der Waals surface area contributed by atoms with Gasteiger partial charge in [0.05, 0.1) is 18.6 Å². The molecule has 0 aromatic heterocycles. The smallest absolute Gasteiger partial charge is 0.306 e. The largest absolute Gasteiger partial charge is 0.486 e.